The van der Waals surface area contributed by atoms with Crippen molar-refractivity contribution in [1.29, 1.82) is 0 Å². The molecule has 0 saturated carbocycles. The topological polar surface area (TPSA) is 104 Å². The molecule has 3 aromatic rings. The minimum absolute atomic E-state index is 0.101. The van der Waals surface area contributed by atoms with Gasteiger partial charge in [-0.05, 0) is 18.2 Å². The maximum atomic E-state index is 14.8. The Kier molecular flexibility index (Phi) is 5.33. The van der Waals surface area contributed by atoms with Gasteiger partial charge in [-0.1, -0.05) is 0 Å². The molecule has 1 fully saturated rings. The van der Waals surface area contributed by atoms with Crippen molar-refractivity contribution < 1.29 is 23.5 Å². The average Bonchev–Trinajstić information content (AvgIpc) is 3.48. The Morgan fingerprint density at radius 2 is 2.27 bits per heavy atom. The summed E-state index contributed by atoms with van der Waals surface area (Å²) in [6, 6.07) is 4.47. The van der Waals surface area contributed by atoms with Crippen molar-refractivity contribution in [3.8, 4) is 5.69 Å². The van der Waals surface area contributed by atoms with Crippen LogP contribution in [0.3, 0.4) is 0 Å². The summed E-state index contributed by atoms with van der Waals surface area (Å²) in [4.78, 5) is 32.9. The predicted molar refractivity (Wildman–Crippen MR) is 103 cm³/mol. The van der Waals surface area contributed by atoms with E-state index in [1.54, 1.807) is 35.4 Å². The van der Waals surface area contributed by atoms with Crippen molar-refractivity contribution in [2.75, 3.05) is 25.1 Å². The second kappa shape index (κ2) is 8.23. The van der Waals surface area contributed by atoms with E-state index in [9.17, 15) is 14.0 Å². The molecule has 30 heavy (non-hydrogen) atoms. The monoisotopic (exact) mass is 414 g/mol. The Hall–Kier alpha value is -3.89. The number of amides is 2. The van der Waals surface area contributed by atoms with Gasteiger partial charge in [0.1, 0.15) is 11.9 Å². The highest BCUT2D eigenvalue weighted by Gasteiger charge is 2.33. The van der Waals surface area contributed by atoms with Crippen molar-refractivity contribution in [2.45, 2.75) is 12.6 Å². The van der Waals surface area contributed by atoms with E-state index in [1.807, 2.05) is 10.8 Å². The van der Waals surface area contributed by atoms with Gasteiger partial charge >= 0.3 is 12.2 Å². The van der Waals surface area contributed by atoms with E-state index >= 15 is 0 Å². The van der Waals surface area contributed by atoms with Crippen molar-refractivity contribution in [2.24, 2.45) is 0 Å². The van der Waals surface area contributed by atoms with Crippen LogP contribution in [0.4, 0.5) is 19.7 Å². The van der Waals surface area contributed by atoms with Crippen molar-refractivity contribution in [3.05, 3.63) is 61.0 Å². The number of hydrogen-bond donors (Lipinski definition) is 1. The minimum atomic E-state index is -0.618. The molecule has 1 aliphatic rings. The number of halogens is 1. The zero-order valence-corrected chi connectivity index (χ0v) is 16.1. The largest absolute Gasteiger partial charge is 0.453 e. The third-order valence-electron chi connectivity index (χ3n) is 4.59. The highest BCUT2D eigenvalue weighted by atomic mass is 19.1. The summed E-state index contributed by atoms with van der Waals surface area (Å²) >= 11 is 0. The van der Waals surface area contributed by atoms with Gasteiger partial charge in [-0.15, -0.1) is 0 Å². The van der Waals surface area contributed by atoms with E-state index in [0.29, 0.717) is 17.9 Å². The summed E-state index contributed by atoms with van der Waals surface area (Å²) in [5.41, 5.74) is 1.42. The lowest BCUT2D eigenvalue weighted by atomic mass is 10.2. The number of hydrogen-bond acceptors (Lipinski definition) is 6. The van der Waals surface area contributed by atoms with E-state index in [0.717, 1.165) is 5.69 Å². The normalized spacial score (nSPS) is 15.9. The third kappa shape index (κ3) is 4.09. The summed E-state index contributed by atoms with van der Waals surface area (Å²) in [6.45, 7) is 0.805. The SMILES string of the molecule is COC(=O)NCC1CN(c2ccc(-n3cnc(Cn4ccnc4)c3)c(F)c2)C(=O)O1. The van der Waals surface area contributed by atoms with Crippen LogP contribution in [0.25, 0.3) is 5.69 Å². The Balaban J connectivity index is 1.45. The van der Waals surface area contributed by atoms with Gasteiger partial charge in [-0.25, -0.2) is 23.9 Å². The van der Waals surface area contributed by atoms with E-state index in [2.05, 4.69) is 20.0 Å². The molecule has 0 spiro atoms. The summed E-state index contributed by atoms with van der Waals surface area (Å²) in [6.07, 6.45) is 6.65. The summed E-state index contributed by atoms with van der Waals surface area (Å²) in [7, 11) is 1.24. The molecule has 11 heteroatoms. The first-order chi connectivity index (χ1) is 14.5. The first kappa shape index (κ1) is 19.4. The molecular formula is C19H19FN6O4. The van der Waals surface area contributed by atoms with Gasteiger partial charge in [0.25, 0.3) is 0 Å². The first-order valence-corrected chi connectivity index (χ1v) is 9.12. The number of ether oxygens (including phenoxy) is 2. The number of methoxy groups -OCH3 is 1. The summed E-state index contributed by atoms with van der Waals surface area (Å²) in [5.74, 6) is -0.511. The van der Waals surface area contributed by atoms with Crippen LogP contribution >= 0.6 is 0 Å². The Bertz CT molecular complexity index is 1050. The molecule has 1 unspecified atom stereocenters. The van der Waals surface area contributed by atoms with E-state index in [-0.39, 0.29) is 13.1 Å². The molecule has 1 atom stereocenters. The zero-order valence-electron chi connectivity index (χ0n) is 16.1. The third-order valence-corrected chi connectivity index (χ3v) is 4.59. The minimum Gasteiger partial charge on any atom is -0.453 e. The molecule has 0 radical (unpaired) electrons. The van der Waals surface area contributed by atoms with Crippen LogP contribution < -0.4 is 10.2 Å². The lowest BCUT2D eigenvalue weighted by Gasteiger charge is -2.14. The van der Waals surface area contributed by atoms with Gasteiger partial charge in [0.05, 0.1) is 56.5 Å². The maximum absolute atomic E-state index is 14.8. The molecule has 4 rings (SSSR count). The van der Waals surface area contributed by atoms with Crippen LogP contribution in [-0.2, 0) is 16.0 Å². The standard InChI is InChI=1S/C19H19FN6O4/c1-29-18(27)22-7-15-10-26(19(28)30-15)14-2-3-17(16(20)6-14)25-9-13(23-12-25)8-24-5-4-21-11-24/h2-6,9,11-12,15H,7-8,10H2,1H3,(H,22,27). The van der Waals surface area contributed by atoms with Crippen molar-refractivity contribution in [3.63, 3.8) is 0 Å². The summed E-state index contributed by atoms with van der Waals surface area (Å²) < 4.78 is 27.9. The fourth-order valence-corrected chi connectivity index (χ4v) is 3.13. The number of carbonyl (C=O) groups is 2. The number of imidazole rings is 2. The Morgan fingerprint density at radius 1 is 1.40 bits per heavy atom. The first-order valence-electron chi connectivity index (χ1n) is 9.12. The fraction of sp³-hybridized carbons (Fsp3) is 0.263. The molecule has 2 aromatic heterocycles. The van der Waals surface area contributed by atoms with Crippen LogP contribution in [0.1, 0.15) is 5.69 Å². The molecule has 1 aromatic carbocycles. The number of alkyl carbamates (subject to hydrolysis) is 1. The van der Waals surface area contributed by atoms with Crippen molar-refractivity contribution >= 4 is 17.9 Å². The molecule has 1 aliphatic heterocycles. The molecule has 0 aliphatic carbocycles. The zero-order chi connectivity index (χ0) is 21.1. The lowest BCUT2D eigenvalue weighted by Crippen LogP contribution is -2.34. The quantitative estimate of drug-likeness (QED) is 0.661. The second-order valence-corrected chi connectivity index (χ2v) is 6.63. The van der Waals surface area contributed by atoms with Gasteiger partial charge in [-0.3, -0.25) is 4.90 Å². The smallest absolute Gasteiger partial charge is 0.414 e. The second-order valence-electron chi connectivity index (χ2n) is 6.63. The Morgan fingerprint density at radius 3 is 3.00 bits per heavy atom. The fourth-order valence-electron chi connectivity index (χ4n) is 3.13. The Labute approximate surface area is 170 Å². The highest BCUT2D eigenvalue weighted by molar-refractivity contribution is 5.90. The molecule has 10 nitrogen and oxygen atoms in total. The van der Waals surface area contributed by atoms with Crippen LogP contribution in [0.15, 0.2) is 49.4 Å². The highest BCUT2D eigenvalue weighted by Crippen LogP contribution is 2.25. The molecule has 1 saturated heterocycles. The molecule has 1 N–H and O–H groups in total. The van der Waals surface area contributed by atoms with Crippen LogP contribution in [0.5, 0.6) is 0 Å². The number of nitrogens with zero attached hydrogens (tertiary/aromatic N) is 5. The molecule has 2 amide bonds. The average molecular weight is 414 g/mol. The van der Waals surface area contributed by atoms with Gasteiger partial charge in [0.2, 0.25) is 0 Å². The molecule has 3 heterocycles. The number of cyclic esters (lactones) is 1. The van der Waals surface area contributed by atoms with Gasteiger partial charge < -0.3 is 23.9 Å². The van der Waals surface area contributed by atoms with E-state index in [4.69, 9.17) is 4.74 Å². The van der Waals surface area contributed by atoms with Crippen LogP contribution in [0, 0.1) is 5.82 Å². The molecular weight excluding hydrogens is 395 g/mol. The van der Waals surface area contributed by atoms with Crippen LogP contribution in [-0.4, -0.2) is 57.6 Å². The molecule has 156 valence electrons. The van der Waals surface area contributed by atoms with Gasteiger partial charge in [0.15, 0.2) is 0 Å². The van der Waals surface area contributed by atoms with Gasteiger partial charge in [-0.2, -0.15) is 0 Å². The number of nitrogens with one attached hydrogen (secondary N) is 1. The number of aromatic nitrogens is 4. The van der Waals surface area contributed by atoms with Crippen molar-refractivity contribution in [1.82, 2.24) is 24.4 Å². The predicted octanol–water partition coefficient (Wildman–Crippen LogP) is 1.94. The number of benzene rings is 1. The van der Waals surface area contributed by atoms with E-state index in [1.165, 1.54) is 24.4 Å². The van der Waals surface area contributed by atoms with E-state index < -0.39 is 24.1 Å². The number of rotatable bonds is 6. The number of carbonyl (C=O) groups excluding carboxylic acids is 2. The van der Waals surface area contributed by atoms with Gasteiger partial charge in [0, 0.05) is 18.6 Å². The molecule has 0 bridgehead atoms. The maximum Gasteiger partial charge on any atom is 0.414 e. The summed E-state index contributed by atoms with van der Waals surface area (Å²) in [5, 5.41) is 2.47. The number of anilines is 1. The lowest BCUT2D eigenvalue weighted by molar-refractivity contribution is 0.132. The van der Waals surface area contributed by atoms with Crippen LogP contribution in [0.2, 0.25) is 0 Å².